The van der Waals surface area contributed by atoms with E-state index >= 15 is 0 Å². The summed E-state index contributed by atoms with van der Waals surface area (Å²) in [5, 5.41) is 11.7. The minimum atomic E-state index is -1.24. The summed E-state index contributed by atoms with van der Waals surface area (Å²) in [4.78, 5) is 29.0. The van der Waals surface area contributed by atoms with Gasteiger partial charge in [-0.05, 0) is 47.7 Å². The number of benzene rings is 1. The molecule has 7 nitrogen and oxygen atoms in total. The molecule has 2 aromatic heterocycles. The molecule has 0 aliphatic carbocycles. The molecule has 0 amide bonds. The van der Waals surface area contributed by atoms with Gasteiger partial charge < -0.3 is 10.4 Å². The summed E-state index contributed by atoms with van der Waals surface area (Å²) in [6.07, 6.45) is 0.0374. The number of nitrogens with zero attached hydrogens (tertiary/aromatic N) is 3. The molecule has 141 valence electrons. The second-order valence-corrected chi connectivity index (χ2v) is 7.10. The largest absolute Gasteiger partial charge is 0.391 e. The van der Waals surface area contributed by atoms with Crippen LogP contribution in [0.5, 0.6) is 0 Å². The summed E-state index contributed by atoms with van der Waals surface area (Å²) in [6.45, 7) is 3.21. The summed E-state index contributed by atoms with van der Waals surface area (Å²) < 4.78 is 31.5. The van der Waals surface area contributed by atoms with Crippen LogP contribution in [0.4, 0.5) is 20.2 Å². The molecule has 0 unspecified atom stereocenters. The number of nitrogens with one attached hydrogen (secondary N) is 1. The van der Waals surface area contributed by atoms with Gasteiger partial charge in [-0.3, -0.25) is 18.7 Å². The molecule has 0 fully saturated rings. The van der Waals surface area contributed by atoms with Crippen LogP contribution in [0.2, 0.25) is 0 Å². The highest BCUT2D eigenvalue weighted by Gasteiger charge is 2.21. The molecule has 3 aromatic rings. The van der Waals surface area contributed by atoms with Crippen molar-refractivity contribution in [2.24, 2.45) is 7.05 Å². The second-order valence-electron chi connectivity index (χ2n) is 5.86. The summed E-state index contributed by atoms with van der Waals surface area (Å²) in [5.41, 5.74) is -2.37. The van der Waals surface area contributed by atoms with Gasteiger partial charge in [-0.15, -0.1) is 0 Å². The van der Waals surface area contributed by atoms with E-state index in [9.17, 15) is 23.5 Å². The minimum absolute atomic E-state index is 0.0744. The topological polar surface area (TPSA) is 89.2 Å². The fourth-order valence-electron chi connectivity index (χ4n) is 2.61. The van der Waals surface area contributed by atoms with Gasteiger partial charge in [-0.25, -0.2) is 9.37 Å². The third kappa shape index (κ3) is 3.58. The Hall–Kier alpha value is -2.34. The highest BCUT2D eigenvalue weighted by Crippen LogP contribution is 2.26. The molecule has 0 aliphatic heterocycles. The SMILES string of the molecule is [CH2][C@@H](O)Cn1cnc2c(c(Nc3ccc(I)cc3F)c(F)c(=O)n2C)c1=O. The van der Waals surface area contributed by atoms with Crippen LogP contribution in [-0.2, 0) is 13.6 Å². The average Bonchev–Trinajstić information content (AvgIpc) is 2.60. The molecule has 1 radical (unpaired) electrons. The van der Waals surface area contributed by atoms with Crippen LogP contribution >= 0.6 is 22.6 Å². The third-order valence-corrected chi connectivity index (χ3v) is 4.57. The molecular weight excluding hydrogens is 473 g/mol. The number of rotatable bonds is 4. The molecule has 1 atom stereocenters. The number of pyridine rings is 1. The Labute approximate surface area is 165 Å². The second kappa shape index (κ2) is 7.35. The van der Waals surface area contributed by atoms with E-state index in [2.05, 4.69) is 17.2 Å². The first-order valence-corrected chi connectivity index (χ1v) is 8.79. The number of hydrogen-bond acceptors (Lipinski definition) is 5. The van der Waals surface area contributed by atoms with Crippen molar-refractivity contribution < 1.29 is 13.9 Å². The van der Waals surface area contributed by atoms with Crippen molar-refractivity contribution in [3.8, 4) is 0 Å². The van der Waals surface area contributed by atoms with Crippen molar-refractivity contribution in [1.82, 2.24) is 14.1 Å². The van der Waals surface area contributed by atoms with Gasteiger partial charge in [0.15, 0.2) is 5.65 Å². The lowest BCUT2D eigenvalue weighted by molar-refractivity contribution is 0.197. The van der Waals surface area contributed by atoms with Gasteiger partial charge in [0.25, 0.3) is 11.1 Å². The highest BCUT2D eigenvalue weighted by atomic mass is 127. The van der Waals surface area contributed by atoms with Crippen LogP contribution in [0.25, 0.3) is 11.0 Å². The van der Waals surface area contributed by atoms with Gasteiger partial charge >= 0.3 is 0 Å². The maximum absolute atomic E-state index is 14.7. The molecule has 0 saturated heterocycles. The molecule has 27 heavy (non-hydrogen) atoms. The van der Waals surface area contributed by atoms with Crippen molar-refractivity contribution in [2.75, 3.05) is 5.32 Å². The van der Waals surface area contributed by atoms with Crippen LogP contribution in [0, 0.1) is 22.1 Å². The molecule has 2 N–H and O–H groups in total. The zero-order chi connectivity index (χ0) is 19.9. The number of hydrogen-bond donors (Lipinski definition) is 2. The van der Waals surface area contributed by atoms with Gasteiger partial charge in [0.2, 0.25) is 5.82 Å². The Morgan fingerprint density at radius 1 is 1.33 bits per heavy atom. The molecule has 10 heteroatoms. The summed E-state index contributed by atoms with van der Waals surface area (Å²) in [6, 6.07) is 4.18. The van der Waals surface area contributed by atoms with E-state index in [0.29, 0.717) is 3.57 Å². The first-order chi connectivity index (χ1) is 12.7. The number of aliphatic hydroxyl groups excluding tert-OH is 1. The van der Waals surface area contributed by atoms with Gasteiger partial charge in [0.1, 0.15) is 11.2 Å². The van der Waals surface area contributed by atoms with Crippen molar-refractivity contribution in [3.63, 3.8) is 0 Å². The van der Waals surface area contributed by atoms with E-state index in [-0.39, 0.29) is 23.3 Å². The van der Waals surface area contributed by atoms with E-state index in [4.69, 9.17) is 0 Å². The van der Waals surface area contributed by atoms with Crippen molar-refractivity contribution in [3.05, 3.63) is 67.4 Å². The van der Waals surface area contributed by atoms with Crippen LogP contribution < -0.4 is 16.4 Å². The zero-order valence-electron chi connectivity index (χ0n) is 14.0. The van der Waals surface area contributed by atoms with Crippen molar-refractivity contribution in [2.45, 2.75) is 12.6 Å². The Kier molecular flexibility index (Phi) is 5.29. The predicted molar refractivity (Wildman–Crippen MR) is 105 cm³/mol. The number of aromatic nitrogens is 3. The first-order valence-electron chi connectivity index (χ1n) is 7.71. The predicted octanol–water partition coefficient (Wildman–Crippen LogP) is 1.92. The molecular formula is C17H14F2IN4O3. The molecule has 0 spiro atoms. The number of aryl methyl sites for hydroxylation is 1. The highest BCUT2D eigenvalue weighted by molar-refractivity contribution is 14.1. The number of aliphatic hydroxyl groups is 1. The van der Waals surface area contributed by atoms with E-state index < -0.39 is 34.5 Å². The fraction of sp³-hybridized carbons (Fsp3) is 0.176. The summed E-state index contributed by atoms with van der Waals surface area (Å²) in [7, 11) is 1.27. The standard InChI is InChI=1S/C17H14F2IN4O3/c1-8(25)6-24-7-21-15-12(16(24)26)14(13(19)17(27)23(15)2)22-11-4-3-9(20)5-10(11)18/h3-5,7-8,22,25H,1,6H2,2H3/t8-/m1/s1. The van der Waals surface area contributed by atoms with E-state index in [1.807, 2.05) is 22.6 Å². The zero-order valence-corrected chi connectivity index (χ0v) is 16.2. The summed E-state index contributed by atoms with van der Waals surface area (Å²) in [5.74, 6) is -1.91. The Bertz CT molecular complexity index is 1160. The maximum Gasteiger partial charge on any atom is 0.290 e. The smallest absolute Gasteiger partial charge is 0.290 e. The Morgan fingerprint density at radius 2 is 2.04 bits per heavy atom. The van der Waals surface area contributed by atoms with Gasteiger partial charge in [0.05, 0.1) is 30.4 Å². The minimum Gasteiger partial charge on any atom is -0.391 e. The lowest BCUT2D eigenvalue weighted by Crippen LogP contribution is -2.30. The molecule has 0 aliphatic rings. The summed E-state index contributed by atoms with van der Waals surface area (Å²) >= 11 is 1.92. The normalized spacial score (nSPS) is 12.4. The lowest BCUT2D eigenvalue weighted by Gasteiger charge is -2.15. The molecule has 0 bridgehead atoms. The van der Waals surface area contributed by atoms with Gasteiger partial charge in [-0.1, -0.05) is 0 Å². The van der Waals surface area contributed by atoms with Crippen LogP contribution in [0.1, 0.15) is 0 Å². The monoisotopic (exact) mass is 487 g/mol. The lowest BCUT2D eigenvalue weighted by atomic mass is 10.2. The number of fused-ring (bicyclic) bond motifs is 1. The molecule has 0 saturated carbocycles. The number of halogens is 3. The quantitative estimate of drug-likeness (QED) is 0.550. The average molecular weight is 487 g/mol. The third-order valence-electron chi connectivity index (χ3n) is 3.90. The van der Waals surface area contributed by atoms with Gasteiger partial charge in [-0.2, -0.15) is 4.39 Å². The van der Waals surface area contributed by atoms with Crippen LogP contribution in [-0.4, -0.2) is 25.3 Å². The fourth-order valence-corrected chi connectivity index (χ4v) is 3.07. The van der Waals surface area contributed by atoms with Crippen molar-refractivity contribution in [1.29, 1.82) is 0 Å². The van der Waals surface area contributed by atoms with Crippen molar-refractivity contribution >= 4 is 45.0 Å². The Morgan fingerprint density at radius 3 is 2.67 bits per heavy atom. The van der Waals surface area contributed by atoms with Crippen LogP contribution in [0.15, 0.2) is 34.1 Å². The molecule has 1 aromatic carbocycles. The van der Waals surface area contributed by atoms with E-state index in [0.717, 1.165) is 15.5 Å². The van der Waals surface area contributed by atoms with Crippen LogP contribution in [0.3, 0.4) is 0 Å². The van der Waals surface area contributed by atoms with E-state index in [1.165, 1.54) is 19.2 Å². The molecule has 2 heterocycles. The first kappa shape index (κ1) is 19.4. The maximum atomic E-state index is 14.7. The van der Waals surface area contributed by atoms with E-state index in [1.54, 1.807) is 6.07 Å². The molecule has 3 rings (SSSR count). The Balaban J connectivity index is 2.32. The van der Waals surface area contributed by atoms with Gasteiger partial charge in [0, 0.05) is 10.6 Å². The number of anilines is 2.